The summed E-state index contributed by atoms with van der Waals surface area (Å²) in [6, 6.07) is 11.0. The van der Waals surface area contributed by atoms with Gasteiger partial charge in [-0.3, -0.25) is 0 Å². The average Bonchev–Trinajstić information content (AvgIpc) is 2.96. The van der Waals surface area contributed by atoms with Crippen molar-refractivity contribution in [2.24, 2.45) is 5.73 Å². The predicted octanol–water partition coefficient (Wildman–Crippen LogP) is 3.90. The monoisotopic (exact) mass is 321 g/mol. The molecule has 3 rings (SSSR count). The van der Waals surface area contributed by atoms with Gasteiger partial charge >= 0.3 is 0 Å². The third-order valence-corrected chi connectivity index (χ3v) is 5.68. The Morgan fingerprint density at radius 1 is 1.33 bits per heavy atom. The lowest BCUT2D eigenvalue weighted by atomic mass is 9.78. The summed E-state index contributed by atoms with van der Waals surface area (Å²) in [6.07, 6.45) is 3.41. The molecule has 0 spiro atoms. The molecule has 0 fully saturated rings. The minimum absolute atomic E-state index is 0.154. The molecule has 1 aliphatic rings. The minimum atomic E-state index is 0.154. The summed E-state index contributed by atoms with van der Waals surface area (Å²) in [4.78, 5) is 1.42. The Morgan fingerprint density at radius 2 is 2.17 bits per heavy atom. The molecule has 1 atom stereocenters. The number of halogens is 1. The highest BCUT2D eigenvalue weighted by Gasteiger charge is 2.37. The zero-order valence-electron chi connectivity index (χ0n) is 10.2. The van der Waals surface area contributed by atoms with E-state index < -0.39 is 0 Å². The third kappa shape index (κ3) is 2.04. The molecule has 1 aromatic heterocycles. The minimum Gasteiger partial charge on any atom is -0.330 e. The first-order valence-electron chi connectivity index (χ1n) is 6.25. The lowest BCUT2D eigenvalue weighted by molar-refractivity contribution is 0.435. The second-order valence-corrected chi connectivity index (χ2v) is 6.96. The van der Waals surface area contributed by atoms with E-state index in [2.05, 4.69) is 51.6 Å². The molecule has 0 radical (unpaired) electrons. The molecule has 3 heteroatoms. The summed E-state index contributed by atoms with van der Waals surface area (Å²) >= 11 is 5.35. The van der Waals surface area contributed by atoms with Crippen molar-refractivity contribution < 1.29 is 0 Å². The van der Waals surface area contributed by atoms with Gasteiger partial charge in [-0.05, 0) is 52.4 Å². The maximum Gasteiger partial charge on any atom is 0.0285 e. The Hall–Kier alpha value is -0.640. The molecule has 1 nitrogen and oxygen atoms in total. The van der Waals surface area contributed by atoms with E-state index in [4.69, 9.17) is 5.73 Å². The number of rotatable bonds is 3. The lowest BCUT2D eigenvalue weighted by Crippen LogP contribution is -2.34. The molecule has 1 aromatic carbocycles. The number of hydrogen-bond acceptors (Lipinski definition) is 2. The number of hydrogen-bond donors (Lipinski definition) is 1. The summed E-state index contributed by atoms with van der Waals surface area (Å²) in [5.74, 6) is 0. The number of nitrogens with two attached hydrogens (primary N) is 1. The Labute approximate surface area is 120 Å². The molecular weight excluding hydrogens is 306 g/mol. The molecule has 0 saturated carbocycles. The molecular formula is C15H16BrNS. The molecule has 0 bridgehead atoms. The van der Waals surface area contributed by atoms with Gasteiger partial charge in [0, 0.05) is 26.7 Å². The van der Waals surface area contributed by atoms with Crippen LogP contribution >= 0.6 is 27.3 Å². The smallest absolute Gasteiger partial charge is 0.0285 e. The molecule has 1 unspecified atom stereocenters. The van der Waals surface area contributed by atoms with Crippen molar-refractivity contribution in [3.8, 4) is 0 Å². The molecule has 1 heterocycles. The van der Waals surface area contributed by atoms with Crippen LogP contribution in [0.3, 0.4) is 0 Å². The zero-order valence-corrected chi connectivity index (χ0v) is 12.6. The fourth-order valence-electron chi connectivity index (χ4n) is 3.01. The number of aryl methyl sites for hydroxylation is 1. The third-order valence-electron chi connectivity index (χ3n) is 3.99. The molecule has 1 aliphatic carbocycles. The first kappa shape index (κ1) is 12.4. The lowest BCUT2D eigenvalue weighted by Gasteiger charge is -2.28. The van der Waals surface area contributed by atoms with Crippen molar-refractivity contribution in [1.29, 1.82) is 0 Å². The predicted molar refractivity (Wildman–Crippen MR) is 81.2 cm³/mol. The van der Waals surface area contributed by atoms with Crippen LogP contribution in [0.2, 0.25) is 0 Å². The molecule has 0 amide bonds. The van der Waals surface area contributed by atoms with Crippen LogP contribution in [-0.4, -0.2) is 6.54 Å². The zero-order chi connectivity index (χ0) is 12.6. The van der Waals surface area contributed by atoms with E-state index in [0.29, 0.717) is 0 Å². The van der Waals surface area contributed by atoms with Crippen molar-refractivity contribution in [1.82, 2.24) is 0 Å². The van der Waals surface area contributed by atoms with Crippen molar-refractivity contribution in [2.45, 2.75) is 24.7 Å². The van der Waals surface area contributed by atoms with Gasteiger partial charge in [0.05, 0.1) is 0 Å². The van der Waals surface area contributed by atoms with Gasteiger partial charge in [-0.1, -0.05) is 24.3 Å². The van der Waals surface area contributed by atoms with Crippen molar-refractivity contribution in [3.05, 3.63) is 56.2 Å². The van der Waals surface area contributed by atoms with Crippen molar-refractivity contribution in [3.63, 3.8) is 0 Å². The Bertz CT molecular complexity index is 563. The standard InChI is InChI=1S/C15H16BrNS/c16-12-7-13(18-9-12)8-15(10-17)6-5-11-3-1-2-4-14(11)15/h1-4,7,9H,5-6,8,10,17H2. The Balaban J connectivity index is 1.97. The van der Waals surface area contributed by atoms with E-state index in [9.17, 15) is 0 Å². The highest BCUT2D eigenvalue weighted by atomic mass is 79.9. The van der Waals surface area contributed by atoms with Crippen LogP contribution < -0.4 is 5.73 Å². The highest BCUT2D eigenvalue weighted by molar-refractivity contribution is 9.10. The average molecular weight is 322 g/mol. The summed E-state index contributed by atoms with van der Waals surface area (Å²) in [5.41, 5.74) is 9.24. The van der Waals surface area contributed by atoms with E-state index in [-0.39, 0.29) is 5.41 Å². The fourth-order valence-corrected chi connectivity index (χ4v) is 4.61. The summed E-state index contributed by atoms with van der Waals surface area (Å²) in [6.45, 7) is 0.736. The number of fused-ring (bicyclic) bond motifs is 1. The maximum atomic E-state index is 6.13. The summed E-state index contributed by atoms with van der Waals surface area (Å²) in [7, 11) is 0. The van der Waals surface area contributed by atoms with Crippen LogP contribution in [0.15, 0.2) is 40.2 Å². The number of benzene rings is 1. The van der Waals surface area contributed by atoms with E-state index >= 15 is 0 Å². The SMILES string of the molecule is NCC1(Cc2cc(Br)cs2)CCc2ccccc21. The van der Waals surface area contributed by atoms with Gasteiger partial charge in [0.25, 0.3) is 0 Å². The van der Waals surface area contributed by atoms with Gasteiger partial charge < -0.3 is 5.73 Å². The quantitative estimate of drug-likeness (QED) is 0.911. The molecule has 18 heavy (non-hydrogen) atoms. The molecule has 94 valence electrons. The van der Waals surface area contributed by atoms with E-state index in [0.717, 1.165) is 13.0 Å². The van der Waals surface area contributed by atoms with Gasteiger partial charge in [-0.2, -0.15) is 0 Å². The van der Waals surface area contributed by atoms with Crippen LogP contribution in [0, 0.1) is 0 Å². The normalized spacial score (nSPS) is 22.1. The molecule has 2 N–H and O–H groups in total. The van der Waals surface area contributed by atoms with Crippen molar-refractivity contribution in [2.75, 3.05) is 6.54 Å². The highest BCUT2D eigenvalue weighted by Crippen LogP contribution is 2.41. The van der Waals surface area contributed by atoms with E-state index in [1.54, 1.807) is 0 Å². The van der Waals surface area contributed by atoms with Crippen LogP contribution in [0.4, 0.5) is 0 Å². The summed E-state index contributed by atoms with van der Waals surface area (Å²) < 4.78 is 1.18. The van der Waals surface area contributed by atoms with Crippen LogP contribution in [-0.2, 0) is 18.3 Å². The van der Waals surface area contributed by atoms with Gasteiger partial charge in [0.15, 0.2) is 0 Å². The second-order valence-electron chi connectivity index (χ2n) is 5.05. The molecule has 0 aliphatic heterocycles. The van der Waals surface area contributed by atoms with Gasteiger partial charge in [-0.15, -0.1) is 11.3 Å². The largest absolute Gasteiger partial charge is 0.330 e. The Kier molecular flexibility index (Phi) is 3.31. The molecule has 0 saturated heterocycles. The van der Waals surface area contributed by atoms with E-state index in [1.807, 2.05) is 11.3 Å². The Morgan fingerprint density at radius 3 is 2.89 bits per heavy atom. The van der Waals surface area contributed by atoms with Gasteiger partial charge in [-0.25, -0.2) is 0 Å². The topological polar surface area (TPSA) is 26.0 Å². The van der Waals surface area contributed by atoms with Crippen molar-refractivity contribution >= 4 is 27.3 Å². The van der Waals surface area contributed by atoms with Gasteiger partial charge in [0.1, 0.15) is 0 Å². The van der Waals surface area contributed by atoms with Crippen LogP contribution in [0.1, 0.15) is 22.4 Å². The van der Waals surface area contributed by atoms with E-state index in [1.165, 1.54) is 33.3 Å². The first-order valence-corrected chi connectivity index (χ1v) is 7.92. The number of thiophene rings is 1. The van der Waals surface area contributed by atoms with Crippen LogP contribution in [0.25, 0.3) is 0 Å². The second kappa shape index (κ2) is 4.80. The summed E-state index contributed by atoms with van der Waals surface area (Å²) in [5, 5.41) is 2.15. The fraction of sp³-hybridized carbons (Fsp3) is 0.333. The first-order chi connectivity index (χ1) is 8.73. The molecule has 2 aromatic rings. The van der Waals surface area contributed by atoms with Gasteiger partial charge in [0.2, 0.25) is 0 Å². The van der Waals surface area contributed by atoms with Crippen LogP contribution in [0.5, 0.6) is 0 Å². The maximum absolute atomic E-state index is 6.13.